The summed E-state index contributed by atoms with van der Waals surface area (Å²) < 4.78 is 82.1. The van der Waals surface area contributed by atoms with E-state index in [4.69, 9.17) is 14.0 Å². The Morgan fingerprint density at radius 3 is 1.65 bits per heavy atom. The van der Waals surface area contributed by atoms with Crippen LogP contribution in [0.15, 0.2) is 72.8 Å². The fourth-order valence-corrected chi connectivity index (χ4v) is 5.46. The number of carbonyl (C=O) groups is 2. The molecule has 0 saturated heterocycles. The van der Waals surface area contributed by atoms with Crippen molar-refractivity contribution in [2.75, 3.05) is 6.61 Å². The molecule has 0 saturated carbocycles. The van der Waals surface area contributed by atoms with Gasteiger partial charge in [-0.2, -0.15) is 17.2 Å². The third kappa shape index (κ3) is 4.27. The average molecular weight is 532 g/mol. The minimum absolute atomic E-state index is 0.0134. The van der Waals surface area contributed by atoms with Gasteiger partial charge in [0, 0.05) is 11.8 Å². The molecule has 0 fully saturated rings. The molecule has 3 aliphatic carbocycles. The first-order valence-corrected chi connectivity index (χ1v) is 12.6. The lowest BCUT2D eigenvalue weighted by Crippen LogP contribution is -2.49. The van der Waals surface area contributed by atoms with Crippen LogP contribution in [0.5, 0.6) is 5.75 Å². The summed E-state index contributed by atoms with van der Waals surface area (Å²) in [6, 6.07) is 18.8. The van der Waals surface area contributed by atoms with Gasteiger partial charge in [-0.3, -0.25) is 14.1 Å². The van der Waals surface area contributed by atoms with Crippen LogP contribution in [-0.2, 0) is 24.4 Å². The molecular weight excluding hydrogens is 513 g/mol. The molecule has 3 aliphatic rings. The second kappa shape index (κ2) is 9.00. The summed E-state index contributed by atoms with van der Waals surface area (Å²) in [6.45, 7) is -1.93. The van der Waals surface area contributed by atoms with E-state index in [1.165, 1.54) is 12.1 Å². The van der Waals surface area contributed by atoms with Gasteiger partial charge in [-0.15, -0.1) is 0 Å². The van der Waals surface area contributed by atoms with Crippen LogP contribution < -0.4 is 4.74 Å². The minimum Gasteiger partial charge on any atom is -0.458 e. The summed E-state index contributed by atoms with van der Waals surface area (Å²) in [5.41, 5.74) is 2.89. The Balaban J connectivity index is 1.58. The summed E-state index contributed by atoms with van der Waals surface area (Å²) in [7, 11) is -5.84. The highest BCUT2D eigenvalue weighted by Gasteiger charge is 2.57. The molecule has 2 bridgehead atoms. The number of benzene rings is 3. The second-order valence-electron chi connectivity index (χ2n) is 8.86. The van der Waals surface area contributed by atoms with E-state index in [2.05, 4.69) is 0 Å². The van der Waals surface area contributed by atoms with Crippen LogP contribution in [0.3, 0.4) is 0 Å². The third-order valence-electron chi connectivity index (χ3n) is 6.77. The van der Waals surface area contributed by atoms with Gasteiger partial charge in [0.2, 0.25) is 0 Å². The van der Waals surface area contributed by atoms with Crippen molar-refractivity contribution in [3.63, 3.8) is 0 Å². The van der Waals surface area contributed by atoms with E-state index in [0.29, 0.717) is 11.1 Å². The van der Waals surface area contributed by atoms with Crippen LogP contribution in [0.1, 0.15) is 34.1 Å². The highest BCUT2D eigenvalue weighted by Crippen LogP contribution is 2.58. The van der Waals surface area contributed by atoms with E-state index in [1.54, 1.807) is 48.5 Å². The zero-order chi connectivity index (χ0) is 26.5. The summed E-state index contributed by atoms with van der Waals surface area (Å²) in [4.78, 5) is 26.8. The summed E-state index contributed by atoms with van der Waals surface area (Å²) in [6.07, 6.45) is 0. The smallest absolute Gasteiger partial charge is 0.402 e. The van der Waals surface area contributed by atoms with Crippen LogP contribution in [0.2, 0.25) is 0 Å². The fraction of sp³-hybridized carbons (Fsp3) is 0.231. The van der Waals surface area contributed by atoms with Gasteiger partial charge in [-0.1, -0.05) is 48.5 Å². The maximum atomic E-state index is 13.9. The first kappa shape index (κ1) is 25.0. The van der Waals surface area contributed by atoms with Crippen LogP contribution in [0.25, 0.3) is 0 Å². The number of ether oxygens (including phenoxy) is 2. The molecule has 7 nitrogen and oxygen atoms in total. The van der Waals surface area contributed by atoms with Crippen molar-refractivity contribution in [2.45, 2.75) is 17.1 Å². The molecule has 2 atom stereocenters. The van der Waals surface area contributed by atoms with Crippen LogP contribution >= 0.6 is 0 Å². The predicted molar refractivity (Wildman–Crippen MR) is 123 cm³/mol. The maximum absolute atomic E-state index is 13.9. The molecule has 2 unspecified atom stereocenters. The van der Waals surface area contributed by atoms with Gasteiger partial charge in [-0.05, 0) is 46.5 Å². The van der Waals surface area contributed by atoms with Gasteiger partial charge >= 0.3 is 27.3 Å². The largest absolute Gasteiger partial charge is 0.458 e. The molecule has 0 heterocycles. The lowest BCUT2D eigenvalue weighted by Gasteiger charge is -2.48. The first-order chi connectivity index (χ1) is 17.5. The van der Waals surface area contributed by atoms with Crippen molar-refractivity contribution in [1.82, 2.24) is 0 Å². The normalized spacial score (nSPS) is 22.1. The second-order valence-corrected chi connectivity index (χ2v) is 10.4. The maximum Gasteiger partial charge on any atom is 0.402 e. The molecule has 0 spiro atoms. The lowest BCUT2D eigenvalue weighted by molar-refractivity contribution is -0.163. The number of alkyl halides is 2. The molecule has 0 amide bonds. The van der Waals surface area contributed by atoms with Crippen molar-refractivity contribution in [3.8, 4) is 5.75 Å². The molecule has 3 aromatic carbocycles. The van der Waals surface area contributed by atoms with Crippen molar-refractivity contribution < 1.29 is 45.2 Å². The number of halogens is 3. The number of hydrogen-bond acceptors (Lipinski definition) is 6. The summed E-state index contributed by atoms with van der Waals surface area (Å²) in [5, 5.41) is -4.74. The SMILES string of the molecule is O=C(OCC(F)(F)S(=O)(=O)O)C1C2c3ccccc3C(c3ccccc32)C1C(=O)Oc1ccc(F)cc1. The number of rotatable bonds is 6. The van der Waals surface area contributed by atoms with Gasteiger partial charge in [0.1, 0.15) is 11.6 Å². The Kier molecular flexibility index (Phi) is 6.07. The molecule has 37 heavy (non-hydrogen) atoms. The van der Waals surface area contributed by atoms with Crippen molar-refractivity contribution in [2.24, 2.45) is 11.8 Å². The van der Waals surface area contributed by atoms with Gasteiger partial charge in [0.25, 0.3) is 0 Å². The third-order valence-corrected chi connectivity index (χ3v) is 7.65. The number of esters is 2. The molecule has 0 aliphatic heterocycles. The fourth-order valence-electron chi connectivity index (χ4n) is 5.26. The van der Waals surface area contributed by atoms with Crippen LogP contribution in [-0.4, -0.2) is 36.8 Å². The standard InChI is InChI=1S/C26H19F3O7S/c27-14-9-11-15(12-10-14)36-25(31)23-21-18-7-3-1-5-16(18)20(17-6-2-4-8-19(17)21)22(23)24(30)35-13-26(28,29)37(32,33)34/h1-12,20-23H,13H2,(H,32,33,34). The topological polar surface area (TPSA) is 107 Å². The first-order valence-electron chi connectivity index (χ1n) is 11.2. The van der Waals surface area contributed by atoms with E-state index in [-0.39, 0.29) is 5.75 Å². The molecule has 1 N–H and O–H groups in total. The van der Waals surface area contributed by atoms with E-state index in [1.807, 2.05) is 0 Å². The Bertz CT molecular complexity index is 1440. The highest BCUT2D eigenvalue weighted by atomic mass is 32.2. The Morgan fingerprint density at radius 1 is 0.784 bits per heavy atom. The Hall–Kier alpha value is -3.70. The average Bonchev–Trinajstić information content (AvgIpc) is 2.87. The van der Waals surface area contributed by atoms with Crippen LogP contribution in [0.4, 0.5) is 13.2 Å². The van der Waals surface area contributed by atoms with Gasteiger partial charge in [-0.25, -0.2) is 4.39 Å². The predicted octanol–water partition coefficient (Wildman–Crippen LogP) is 4.28. The zero-order valence-corrected chi connectivity index (χ0v) is 19.7. The van der Waals surface area contributed by atoms with E-state index in [0.717, 1.165) is 23.3 Å². The van der Waals surface area contributed by atoms with Crippen molar-refractivity contribution in [3.05, 3.63) is 101 Å². The molecule has 192 valence electrons. The summed E-state index contributed by atoms with van der Waals surface area (Å²) in [5.74, 6) is -6.72. The van der Waals surface area contributed by atoms with Gasteiger partial charge < -0.3 is 9.47 Å². The monoisotopic (exact) mass is 532 g/mol. The Morgan fingerprint density at radius 2 is 1.22 bits per heavy atom. The minimum atomic E-state index is -5.84. The molecule has 6 rings (SSSR count). The number of hydrogen-bond donors (Lipinski definition) is 1. The molecule has 11 heteroatoms. The van der Waals surface area contributed by atoms with Crippen molar-refractivity contribution >= 4 is 22.1 Å². The van der Waals surface area contributed by atoms with Gasteiger partial charge in [0.15, 0.2) is 6.61 Å². The number of carbonyl (C=O) groups excluding carboxylic acids is 2. The zero-order valence-electron chi connectivity index (χ0n) is 18.9. The highest BCUT2D eigenvalue weighted by molar-refractivity contribution is 7.86. The van der Waals surface area contributed by atoms with E-state index >= 15 is 0 Å². The molecule has 3 aromatic rings. The van der Waals surface area contributed by atoms with Gasteiger partial charge in [0.05, 0.1) is 11.8 Å². The van der Waals surface area contributed by atoms with Crippen LogP contribution in [0, 0.1) is 17.7 Å². The quantitative estimate of drug-likeness (QED) is 0.287. The molecular formula is C26H19F3O7S. The number of fused-ring (bicyclic) bond motifs is 1. The molecule has 0 aromatic heterocycles. The molecule has 0 radical (unpaired) electrons. The Labute approximate surface area is 209 Å². The van der Waals surface area contributed by atoms with E-state index in [9.17, 15) is 31.2 Å². The van der Waals surface area contributed by atoms with E-state index < -0.39 is 63.4 Å². The lowest BCUT2D eigenvalue weighted by atomic mass is 9.54. The summed E-state index contributed by atoms with van der Waals surface area (Å²) >= 11 is 0. The van der Waals surface area contributed by atoms with Crippen molar-refractivity contribution in [1.29, 1.82) is 0 Å².